The van der Waals surface area contributed by atoms with Gasteiger partial charge in [-0.15, -0.1) is 0 Å². The molecule has 0 spiro atoms. The predicted molar refractivity (Wildman–Crippen MR) is 76.1 cm³/mol. The fourth-order valence-electron chi connectivity index (χ4n) is 2.79. The maximum Gasteiger partial charge on any atom is 0.142 e. The number of aliphatic hydroxyl groups is 1. The van der Waals surface area contributed by atoms with E-state index in [0.717, 1.165) is 11.3 Å². The molecule has 0 saturated carbocycles. The van der Waals surface area contributed by atoms with E-state index in [4.69, 9.17) is 5.26 Å². The summed E-state index contributed by atoms with van der Waals surface area (Å²) in [4.78, 5) is 5.94. The Morgan fingerprint density at radius 3 is 2.95 bits per heavy atom. The van der Waals surface area contributed by atoms with Gasteiger partial charge >= 0.3 is 0 Å². The van der Waals surface area contributed by atoms with Gasteiger partial charge in [0.1, 0.15) is 17.6 Å². The number of rotatable bonds is 2. The average molecular weight is 283 g/mol. The van der Waals surface area contributed by atoms with Crippen LogP contribution in [0.15, 0.2) is 42.6 Å². The third kappa shape index (κ3) is 2.71. The summed E-state index contributed by atoms with van der Waals surface area (Å²) in [5, 5.41) is 18.9. The van der Waals surface area contributed by atoms with Crippen LogP contribution in [0.3, 0.4) is 0 Å². The highest BCUT2D eigenvalue weighted by atomic mass is 19.1. The van der Waals surface area contributed by atoms with Crippen molar-refractivity contribution in [3.63, 3.8) is 0 Å². The summed E-state index contributed by atoms with van der Waals surface area (Å²) in [7, 11) is 0. The van der Waals surface area contributed by atoms with Crippen molar-refractivity contribution >= 4 is 5.69 Å². The number of benzene rings is 1. The third-order valence-electron chi connectivity index (χ3n) is 3.70. The molecule has 2 heterocycles. The molecule has 1 fully saturated rings. The predicted octanol–water partition coefficient (Wildman–Crippen LogP) is 2.40. The van der Waals surface area contributed by atoms with E-state index >= 15 is 0 Å². The topological polar surface area (TPSA) is 60.2 Å². The molecule has 1 aliphatic heterocycles. The number of β-amino-alcohol motifs (C(OH)–C–C–N with tert-alkyl or cyclic N) is 1. The zero-order chi connectivity index (χ0) is 14.8. The summed E-state index contributed by atoms with van der Waals surface area (Å²) >= 11 is 0. The van der Waals surface area contributed by atoms with Crippen LogP contribution >= 0.6 is 0 Å². The lowest BCUT2D eigenvalue weighted by Crippen LogP contribution is -2.24. The molecular formula is C16H14FN3O. The summed E-state index contributed by atoms with van der Waals surface area (Å²) < 4.78 is 13.4. The van der Waals surface area contributed by atoms with Gasteiger partial charge in [0.05, 0.1) is 12.1 Å². The Hall–Kier alpha value is -2.45. The van der Waals surface area contributed by atoms with Crippen molar-refractivity contribution in [1.82, 2.24) is 4.98 Å². The van der Waals surface area contributed by atoms with Crippen LogP contribution in [0, 0.1) is 17.1 Å². The Labute approximate surface area is 122 Å². The quantitative estimate of drug-likeness (QED) is 0.919. The summed E-state index contributed by atoms with van der Waals surface area (Å²) in [5.74, 6) is -0.290. The summed E-state index contributed by atoms with van der Waals surface area (Å²) in [5.41, 5.74) is 1.96. The summed E-state index contributed by atoms with van der Waals surface area (Å²) in [6, 6.07) is 11.8. The van der Waals surface area contributed by atoms with E-state index < -0.39 is 6.10 Å². The molecule has 2 aromatic rings. The lowest BCUT2D eigenvalue weighted by molar-refractivity contribution is 0.194. The molecule has 1 N–H and O–H groups in total. The molecule has 1 aromatic heterocycles. The van der Waals surface area contributed by atoms with Crippen molar-refractivity contribution in [3.8, 4) is 6.07 Å². The minimum absolute atomic E-state index is 0.107. The number of halogens is 1. The van der Waals surface area contributed by atoms with Gasteiger partial charge < -0.3 is 10.0 Å². The molecule has 0 bridgehead atoms. The van der Waals surface area contributed by atoms with Crippen molar-refractivity contribution in [3.05, 3.63) is 59.7 Å². The molecule has 5 heteroatoms. The first kappa shape index (κ1) is 13.5. The summed E-state index contributed by atoms with van der Waals surface area (Å²) in [6.07, 6.45) is 1.63. The van der Waals surface area contributed by atoms with Crippen LogP contribution in [0.5, 0.6) is 0 Å². The first-order valence-corrected chi connectivity index (χ1v) is 6.73. The molecule has 1 aromatic carbocycles. The number of nitrogens with zero attached hydrogens (tertiary/aromatic N) is 3. The molecule has 21 heavy (non-hydrogen) atoms. The molecule has 1 aliphatic rings. The van der Waals surface area contributed by atoms with Gasteiger partial charge in [-0.05, 0) is 36.2 Å². The van der Waals surface area contributed by atoms with Crippen molar-refractivity contribution in [2.24, 2.45) is 0 Å². The first-order chi connectivity index (χ1) is 10.2. The van der Waals surface area contributed by atoms with Crippen LogP contribution in [0.4, 0.5) is 10.1 Å². The van der Waals surface area contributed by atoms with Crippen LogP contribution in [-0.4, -0.2) is 22.7 Å². The van der Waals surface area contributed by atoms with E-state index in [-0.39, 0.29) is 11.9 Å². The molecule has 4 nitrogen and oxygen atoms in total. The van der Waals surface area contributed by atoms with Gasteiger partial charge in [0.15, 0.2) is 0 Å². The minimum Gasteiger partial charge on any atom is -0.391 e. The second-order valence-electron chi connectivity index (χ2n) is 5.12. The SMILES string of the molecule is N#Cc1cc(N2C[C@@H](O)C[C@@H]2c2cccc(F)c2)ccn1. The van der Waals surface area contributed by atoms with Gasteiger partial charge in [-0.2, -0.15) is 5.26 Å². The van der Waals surface area contributed by atoms with Gasteiger partial charge in [-0.25, -0.2) is 9.37 Å². The van der Waals surface area contributed by atoms with Crippen LogP contribution in [0.25, 0.3) is 0 Å². The number of hydrogen-bond acceptors (Lipinski definition) is 4. The number of pyridine rings is 1. The maximum absolute atomic E-state index is 13.4. The van der Waals surface area contributed by atoms with Crippen LogP contribution in [0.1, 0.15) is 23.7 Å². The standard InChI is InChI=1S/C16H14FN3O/c17-12-3-1-2-11(6-12)16-8-15(21)10-20(16)14-4-5-19-13(7-14)9-18/h1-7,15-16,21H,8,10H2/t15-,16+/m0/s1. The Morgan fingerprint density at radius 1 is 1.33 bits per heavy atom. The van der Waals surface area contributed by atoms with E-state index in [1.54, 1.807) is 24.4 Å². The summed E-state index contributed by atoms with van der Waals surface area (Å²) in [6.45, 7) is 0.454. The highest BCUT2D eigenvalue weighted by Crippen LogP contribution is 2.36. The van der Waals surface area contributed by atoms with Crippen LogP contribution < -0.4 is 4.90 Å². The van der Waals surface area contributed by atoms with E-state index in [1.165, 1.54) is 12.1 Å². The van der Waals surface area contributed by atoms with E-state index in [2.05, 4.69) is 4.98 Å². The maximum atomic E-state index is 13.4. The molecule has 1 saturated heterocycles. The van der Waals surface area contributed by atoms with Gasteiger partial charge in [0.2, 0.25) is 0 Å². The fraction of sp³-hybridized carbons (Fsp3) is 0.250. The molecule has 3 rings (SSSR count). The molecule has 0 radical (unpaired) electrons. The smallest absolute Gasteiger partial charge is 0.142 e. The Bertz CT molecular complexity index is 698. The Balaban J connectivity index is 1.97. The fourth-order valence-corrected chi connectivity index (χ4v) is 2.79. The number of nitriles is 1. The number of anilines is 1. The van der Waals surface area contributed by atoms with Crippen molar-refractivity contribution < 1.29 is 9.50 Å². The lowest BCUT2D eigenvalue weighted by atomic mass is 10.0. The number of hydrogen-bond donors (Lipinski definition) is 1. The van der Waals surface area contributed by atoms with Gasteiger partial charge in [-0.1, -0.05) is 12.1 Å². The van der Waals surface area contributed by atoms with Crippen molar-refractivity contribution in [2.75, 3.05) is 11.4 Å². The zero-order valence-corrected chi connectivity index (χ0v) is 11.3. The van der Waals surface area contributed by atoms with E-state index in [9.17, 15) is 9.50 Å². The normalized spacial score (nSPS) is 21.3. The minimum atomic E-state index is -0.475. The second kappa shape index (κ2) is 5.51. The molecule has 106 valence electrons. The van der Waals surface area contributed by atoms with Gasteiger partial charge in [0.25, 0.3) is 0 Å². The molecular weight excluding hydrogens is 269 g/mol. The average Bonchev–Trinajstić information content (AvgIpc) is 2.89. The molecule has 0 aliphatic carbocycles. The second-order valence-corrected chi connectivity index (χ2v) is 5.12. The van der Waals surface area contributed by atoms with Crippen LogP contribution in [-0.2, 0) is 0 Å². The zero-order valence-electron chi connectivity index (χ0n) is 11.3. The van der Waals surface area contributed by atoms with Crippen molar-refractivity contribution in [2.45, 2.75) is 18.6 Å². The van der Waals surface area contributed by atoms with E-state index in [1.807, 2.05) is 17.0 Å². The van der Waals surface area contributed by atoms with Gasteiger partial charge in [0, 0.05) is 18.4 Å². The Morgan fingerprint density at radius 2 is 2.19 bits per heavy atom. The molecule has 0 amide bonds. The highest BCUT2D eigenvalue weighted by molar-refractivity contribution is 5.52. The van der Waals surface area contributed by atoms with Crippen LogP contribution in [0.2, 0.25) is 0 Å². The monoisotopic (exact) mass is 283 g/mol. The highest BCUT2D eigenvalue weighted by Gasteiger charge is 2.32. The lowest BCUT2D eigenvalue weighted by Gasteiger charge is -2.26. The number of aliphatic hydroxyl groups excluding tert-OH is 1. The van der Waals surface area contributed by atoms with Crippen molar-refractivity contribution in [1.29, 1.82) is 5.26 Å². The first-order valence-electron chi connectivity index (χ1n) is 6.73. The van der Waals surface area contributed by atoms with E-state index in [0.29, 0.717) is 18.7 Å². The largest absolute Gasteiger partial charge is 0.391 e. The third-order valence-corrected chi connectivity index (χ3v) is 3.70. The van der Waals surface area contributed by atoms with Gasteiger partial charge in [-0.3, -0.25) is 0 Å². The molecule has 2 atom stereocenters. The number of aromatic nitrogens is 1. The Kier molecular flexibility index (Phi) is 3.55. The molecule has 0 unspecified atom stereocenters.